The van der Waals surface area contributed by atoms with Crippen molar-refractivity contribution in [1.82, 2.24) is 0 Å². The minimum absolute atomic E-state index is 0.114. The van der Waals surface area contributed by atoms with E-state index < -0.39 is 0 Å². The van der Waals surface area contributed by atoms with Gasteiger partial charge in [0, 0.05) is 16.5 Å². The van der Waals surface area contributed by atoms with E-state index in [1.165, 1.54) is 19.3 Å². The van der Waals surface area contributed by atoms with Crippen molar-refractivity contribution < 1.29 is 9.53 Å². The molecule has 2 heteroatoms. The first-order valence-electron chi connectivity index (χ1n) is 10.1. The van der Waals surface area contributed by atoms with Crippen LogP contribution in [-0.2, 0) is 0 Å². The number of carbonyl (C=O) groups excluding carboxylic acids is 1. The molecule has 1 aliphatic carbocycles. The van der Waals surface area contributed by atoms with Crippen LogP contribution in [-0.4, -0.2) is 12.4 Å². The van der Waals surface area contributed by atoms with Gasteiger partial charge in [0.2, 0.25) is 0 Å². The molecule has 0 spiro atoms. The van der Waals surface area contributed by atoms with Crippen LogP contribution in [0.5, 0.6) is 5.75 Å². The van der Waals surface area contributed by atoms with E-state index in [2.05, 4.69) is 32.0 Å². The molecule has 1 aliphatic rings. The maximum absolute atomic E-state index is 12.9. The predicted molar refractivity (Wildman–Crippen MR) is 112 cm³/mol. The number of fused-ring (bicyclic) bond motifs is 2. The average Bonchev–Trinajstić information content (AvgIpc) is 2.71. The maximum atomic E-state index is 12.9. The Kier molecular flexibility index (Phi) is 4.98. The summed E-state index contributed by atoms with van der Waals surface area (Å²) in [4.78, 5) is 12.9. The molecule has 2 nitrogen and oxygen atoms in total. The minimum Gasteiger partial charge on any atom is -0.493 e. The van der Waals surface area contributed by atoms with Crippen LogP contribution in [0.4, 0.5) is 0 Å². The lowest BCUT2D eigenvalue weighted by atomic mass is 9.83. The fourth-order valence-corrected chi connectivity index (χ4v) is 4.06. The van der Waals surface area contributed by atoms with Gasteiger partial charge in [0.05, 0.1) is 6.61 Å². The first kappa shape index (κ1) is 17.8. The molecule has 3 aromatic rings. The lowest BCUT2D eigenvalue weighted by Crippen LogP contribution is -2.12. The molecule has 0 fully saturated rings. The number of carbonyl (C=O) groups is 1. The Morgan fingerprint density at radius 3 is 2.44 bits per heavy atom. The predicted octanol–water partition coefficient (Wildman–Crippen LogP) is 6.65. The molecule has 3 aromatic carbocycles. The second-order valence-electron chi connectivity index (χ2n) is 7.48. The van der Waals surface area contributed by atoms with Crippen molar-refractivity contribution in [2.24, 2.45) is 5.92 Å². The lowest BCUT2D eigenvalue weighted by Gasteiger charge is -2.22. The summed E-state index contributed by atoms with van der Waals surface area (Å²) in [5.74, 6) is 1.61. The Hall–Kier alpha value is -2.61. The highest BCUT2D eigenvalue weighted by Crippen LogP contribution is 2.41. The van der Waals surface area contributed by atoms with Gasteiger partial charge in [0.25, 0.3) is 0 Å². The average molecular weight is 358 g/mol. The molecular formula is C25H26O2. The van der Waals surface area contributed by atoms with Gasteiger partial charge in [-0.25, -0.2) is 0 Å². The molecule has 0 heterocycles. The van der Waals surface area contributed by atoms with Gasteiger partial charge in [-0.1, -0.05) is 75.6 Å². The molecule has 138 valence electrons. The molecule has 0 N–H and O–H groups in total. The van der Waals surface area contributed by atoms with Gasteiger partial charge < -0.3 is 4.74 Å². The summed E-state index contributed by atoms with van der Waals surface area (Å²) in [6, 6.07) is 18.1. The third kappa shape index (κ3) is 3.25. The minimum atomic E-state index is 0.114. The van der Waals surface area contributed by atoms with Crippen LogP contribution in [0.15, 0.2) is 54.6 Å². The summed E-state index contributed by atoms with van der Waals surface area (Å²) in [7, 11) is 0. The number of ether oxygens (including phenoxy) is 1. The van der Waals surface area contributed by atoms with E-state index in [0.717, 1.165) is 51.8 Å². The second-order valence-corrected chi connectivity index (χ2v) is 7.48. The van der Waals surface area contributed by atoms with Crippen LogP contribution in [0.25, 0.3) is 21.9 Å². The Balaban J connectivity index is 1.74. The molecule has 0 amide bonds. The normalized spacial score (nSPS) is 13.5. The molecule has 0 saturated heterocycles. The number of unbranched alkanes of at least 4 members (excludes halogenated alkanes) is 1. The van der Waals surface area contributed by atoms with E-state index >= 15 is 0 Å². The first-order valence-corrected chi connectivity index (χ1v) is 10.1. The van der Waals surface area contributed by atoms with Gasteiger partial charge in [-0.15, -0.1) is 0 Å². The number of hydrogen-bond acceptors (Lipinski definition) is 2. The van der Waals surface area contributed by atoms with Crippen LogP contribution in [0.1, 0.15) is 55.5 Å². The van der Waals surface area contributed by atoms with Crippen LogP contribution < -0.4 is 4.74 Å². The summed E-state index contributed by atoms with van der Waals surface area (Å²) in [5, 5.41) is 2.12. The summed E-state index contributed by atoms with van der Waals surface area (Å²) >= 11 is 0. The second kappa shape index (κ2) is 7.56. The van der Waals surface area contributed by atoms with Crippen LogP contribution in [0, 0.1) is 5.92 Å². The first-order chi connectivity index (χ1) is 13.2. The van der Waals surface area contributed by atoms with Crippen LogP contribution >= 0.6 is 0 Å². The van der Waals surface area contributed by atoms with Crippen molar-refractivity contribution in [3.05, 3.63) is 65.7 Å². The molecule has 27 heavy (non-hydrogen) atoms. The Bertz CT molecular complexity index is 987. The van der Waals surface area contributed by atoms with Gasteiger partial charge in [-0.3, -0.25) is 4.79 Å². The number of rotatable bonds is 7. The van der Waals surface area contributed by atoms with Crippen molar-refractivity contribution in [2.75, 3.05) is 6.61 Å². The van der Waals surface area contributed by atoms with Gasteiger partial charge in [-0.2, -0.15) is 0 Å². The Morgan fingerprint density at radius 2 is 1.67 bits per heavy atom. The molecule has 0 bridgehead atoms. The van der Waals surface area contributed by atoms with E-state index in [0.29, 0.717) is 5.92 Å². The van der Waals surface area contributed by atoms with E-state index in [9.17, 15) is 4.79 Å². The molecule has 0 radical (unpaired) electrons. The summed E-state index contributed by atoms with van der Waals surface area (Å²) in [6.07, 6.45) is 4.84. The number of ketones is 1. The van der Waals surface area contributed by atoms with E-state index in [1.54, 1.807) is 0 Å². The highest BCUT2D eigenvalue weighted by molar-refractivity contribution is 6.26. The zero-order chi connectivity index (χ0) is 18.8. The maximum Gasteiger partial charge on any atom is 0.194 e. The molecule has 0 aromatic heterocycles. The lowest BCUT2D eigenvalue weighted by molar-refractivity contribution is 0.104. The fraction of sp³-hybridized carbons (Fsp3) is 0.320. The molecule has 0 saturated carbocycles. The zero-order valence-corrected chi connectivity index (χ0v) is 16.1. The highest BCUT2D eigenvalue weighted by atomic mass is 16.5. The quantitative estimate of drug-likeness (QED) is 0.370. The monoisotopic (exact) mass is 358 g/mol. The molecule has 4 rings (SSSR count). The summed E-state index contributed by atoms with van der Waals surface area (Å²) in [6.45, 7) is 5.22. The summed E-state index contributed by atoms with van der Waals surface area (Å²) in [5.41, 5.74) is 3.69. The molecular weight excluding hydrogens is 332 g/mol. The molecule has 1 unspecified atom stereocenters. The van der Waals surface area contributed by atoms with Gasteiger partial charge in [0.15, 0.2) is 5.78 Å². The van der Waals surface area contributed by atoms with Crippen LogP contribution in [0.3, 0.4) is 0 Å². The van der Waals surface area contributed by atoms with E-state index in [4.69, 9.17) is 4.74 Å². The fourth-order valence-electron chi connectivity index (χ4n) is 4.06. The smallest absolute Gasteiger partial charge is 0.194 e. The standard InChI is InChI=1S/C25H26O2/c1-3-5-9-17(4-2)16-27-19-14-18-10-8-13-22-24(18)23(15-19)20-11-6-7-12-21(20)25(22)26/h6-8,10-15,17H,3-5,9,16H2,1-2H3. The van der Waals surface area contributed by atoms with Crippen molar-refractivity contribution in [1.29, 1.82) is 0 Å². The number of benzene rings is 3. The third-order valence-corrected chi connectivity index (χ3v) is 5.69. The SMILES string of the molecule is CCCCC(CC)COc1cc2c3c(cccc3c1)C(=O)c1ccccc1-2. The molecule has 0 aliphatic heterocycles. The van der Waals surface area contributed by atoms with E-state index in [1.807, 2.05) is 36.4 Å². The topological polar surface area (TPSA) is 26.3 Å². The number of hydrogen-bond donors (Lipinski definition) is 0. The largest absolute Gasteiger partial charge is 0.493 e. The van der Waals surface area contributed by atoms with Crippen molar-refractivity contribution in [3.63, 3.8) is 0 Å². The van der Waals surface area contributed by atoms with Crippen molar-refractivity contribution >= 4 is 16.6 Å². The van der Waals surface area contributed by atoms with Crippen LogP contribution in [0.2, 0.25) is 0 Å². The van der Waals surface area contributed by atoms with Gasteiger partial charge >= 0.3 is 0 Å². The van der Waals surface area contributed by atoms with Crippen molar-refractivity contribution in [2.45, 2.75) is 39.5 Å². The van der Waals surface area contributed by atoms with E-state index in [-0.39, 0.29) is 5.78 Å². The third-order valence-electron chi connectivity index (χ3n) is 5.69. The van der Waals surface area contributed by atoms with Crippen molar-refractivity contribution in [3.8, 4) is 16.9 Å². The van der Waals surface area contributed by atoms with Gasteiger partial charge in [0.1, 0.15) is 5.75 Å². The van der Waals surface area contributed by atoms with Gasteiger partial charge in [-0.05, 0) is 41.0 Å². The summed E-state index contributed by atoms with van der Waals surface area (Å²) < 4.78 is 6.23. The highest BCUT2D eigenvalue weighted by Gasteiger charge is 2.25. The Labute approximate surface area is 161 Å². The Morgan fingerprint density at radius 1 is 0.889 bits per heavy atom. The molecule has 1 atom stereocenters. The zero-order valence-electron chi connectivity index (χ0n) is 16.1.